The molecule has 0 amide bonds. The minimum absolute atomic E-state index is 0.109. The molecule has 0 spiro atoms. The molecule has 2 aromatic carbocycles. The van der Waals surface area contributed by atoms with E-state index in [1.54, 1.807) is 19.2 Å². The lowest BCUT2D eigenvalue weighted by Gasteiger charge is -2.10. The zero-order valence-corrected chi connectivity index (χ0v) is 17.2. The highest BCUT2D eigenvalue weighted by atomic mass is 127. The average molecular weight is 544 g/mol. The Hall–Kier alpha value is -1.42. The van der Waals surface area contributed by atoms with Crippen LogP contribution in [0.5, 0.6) is 5.75 Å². The van der Waals surface area contributed by atoms with E-state index in [4.69, 9.17) is 4.74 Å². The van der Waals surface area contributed by atoms with Crippen molar-refractivity contribution in [2.75, 3.05) is 7.11 Å². The number of hydrogen-bond donors (Lipinski definition) is 0. The summed E-state index contributed by atoms with van der Waals surface area (Å²) in [6.07, 6.45) is 0. The lowest BCUT2D eigenvalue weighted by atomic mass is 10.1. The standard InChI is InChI=1S/C18H14I2N2O2/c1-24-13-6-7-14(16(20)10-13)17-8-9-18(23)22(21-17)11-12-4-2-3-5-15(12)19/h2-10H,11H2,1H3. The van der Waals surface area contributed by atoms with Crippen molar-refractivity contribution in [2.45, 2.75) is 6.54 Å². The molecule has 0 radical (unpaired) electrons. The summed E-state index contributed by atoms with van der Waals surface area (Å²) in [4.78, 5) is 12.2. The highest BCUT2D eigenvalue weighted by molar-refractivity contribution is 14.1. The van der Waals surface area contributed by atoms with E-state index in [1.165, 1.54) is 4.68 Å². The Balaban J connectivity index is 2.00. The van der Waals surface area contributed by atoms with Gasteiger partial charge in [0, 0.05) is 18.8 Å². The number of benzene rings is 2. The molecule has 0 unspecified atom stereocenters. The molecule has 4 nitrogen and oxygen atoms in total. The minimum Gasteiger partial charge on any atom is -0.497 e. The van der Waals surface area contributed by atoms with Gasteiger partial charge in [-0.2, -0.15) is 5.10 Å². The normalized spacial score (nSPS) is 10.6. The summed E-state index contributed by atoms with van der Waals surface area (Å²) >= 11 is 4.53. The van der Waals surface area contributed by atoms with E-state index in [0.29, 0.717) is 6.54 Å². The summed E-state index contributed by atoms with van der Waals surface area (Å²) in [6, 6.07) is 17.1. The summed E-state index contributed by atoms with van der Waals surface area (Å²) in [5, 5.41) is 4.55. The molecule has 3 aromatic rings. The van der Waals surface area contributed by atoms with Crippen LogP contribution in [0.2, 0.25) is 0 Å². The largest absolute Gasteiger partial charge is 0.497 e. The fourth-order valence-electron chi connectivity index (χ4n) is 2.32. The van der Waals surface area contributed by atoms with Crippen LogP contribution in [0, 0.1) is 7.14 Å². The molecule has 0 N–H and O–H groups in total. The molecule has 0 aliphatic rings. The van der Waals surface area contributed by atoms with Crippen molar-refractivity contribution in [3.05, 3.63) is 77.7 Å². The van der Waals surface area contributed by atoms with Gasteiger partial charge in [0.15, 0.2) is 0 Å². The monoisotopic (exact) mass is 544 g/mol. The van der Waals surface area contributed by atoms with Crippen molar-refractivity contribution >= 4 is 45.2 Å². The lowest BCUT2D eigenvalue weighted by molar-refractivity contribution is 0.414. The predicted molar refractivity (Wildman–Crippen MR) is 111 cm³/mol. The minimum atomic E-state index is -0.109. The van der Waals surface area contributed by atoms with Gasteiger partial charge < -0.3 is 4.74 Å². The van der Waals surface area contributed by atoms with Crippen LogP contribution in [0.1, 0.15) is 5.56 Å². The van der Waals surface area contributed by atoms with Crippen LogP contribution in [-0.4, -0.2) is 16.9 Å². The Labute approximate surface area is 167 Å². The van der Waals surface area contributed by atoms with Crippen LogP contribution in [0.3, 0.4) is 0 Å². The third kappa shape index (κ3) is 3.80. The Kier molecular flexibility index (Phi) is 5.54. The van der Waals surface area contributed by atoms with Gasteiger partial charge in [-0.25, -0.2) is 4.68 Å². The van der Waals surface area contributed by atoms with Gasteiger partial charge >= 0.3 is 0 Å². The predicted octanol–water partition coefficient (Wildman–Crippen LogP) is 4.18. The van der Waals surface area contributed by atoms with E-state index in [9.17, 15) is 4.79 Å². The van der Waals surface area contributed by atoms with Crippen molar-refractivity contribution in [3.8, 4) is 17.0 Å². The summed E-state index contributed by atoms with van der Waals surface area (Å²) in [6.45, 7) is 0.457. The third-order valence-electron chi connectivity index (χ3n) is 3.60. The lowest BCUT2D eigenvalue weighted by Crippen LogP contribution is -2.23. The Morgan fingerprint density at radius 2 is 1.83 bits per heavy atom. The molecular formula is C18H14I2N2O2. The molecular weight excluding hydrogens is 530 g/mol. The van der Waals surface area contributed by atoms with Gasteiger partial charge in [0.1, 0.15) is 5.75 Å². The molecule has 1 aromatic heterocycles. The van der Waals surface area contributed by atoms with Crippen LogP contribution in [-0.2, 0) is 6.54 Å². The molecule has 6 heteroatoms. The number of ether oxygens (including phenoxy) is 1. The average Bonchev–Trinajstić information content (AvgIpc) is 2.59. The molecule has 0 aliphatic carbocycles. The van der Waals surface area contributed by atoms with Crippen LogP contribution in [0.25, 0.3) is 11.3 Å². The van der Waals surface area contributed by atoms with E-state index in [1.807, 2.05) is 42.5 Å². The molecule has 0 aliphatic heterocycles. The zero-order valence-electron chi connectivity index (χ0n) is 12.9. The van der Waals surface area contributed by atoms with Crippen molar-refractivity contribution in [1.82, 2.24) is 9.78 Å². The zero-order chi connectivity index (χ0) is 17.1. The first-order valence-electron chi connectivity index (χ1n) is 7.24. The SMILES string of the molecule is COc1ccc(-c2ccc(=O)n(Cc3ccccc3I)n2)c(I)c1. The van der Waals surface area contributed by atoms with Crippen molar-refractivity contribution in [3.63, 3.8) is 0 Å². The number of halogens is 2. The topological polar surface area (TPSA) is 44.1 Å². The van der Waals surface area contributed by atoms with Crippen LogP contribution in [0.4, 0.5) is 0 Å². The quantitative estimate of drug-likeness (QED) is 0.464. The van der Waals surface area contributed by atoms with Gasteiger partial charge in [0.2, 0.25) is 0 Å². The maximum absolute atomic E-state index is 12.2. The molecule has 122 valence electrons. The Morgan fingerprint density at radius 3 is 2.54 bits per heavy atom. The highest BCUT2D eigenvalue weighted by Crippen LogP contribution is 2.26. The van der Waals surface area contributed by atoms with Crippen LogP contribution in [0.15, 0.2) is 59.4 Å². The first-order chi connectivity index (χ1) is 11.6. The van der Waals surface area contributed by atoms with Crippen molar-refractivity contribution in [1.29, 1.82) is 0 Å². The van der Waals surface area contributed by atoms with Crippen molar-refractivity contribution < 1.29 is 4.74 Å². The Bertz CT molecular complexity index is 938. The smallest absolute Gasteiger partial charge is 0.267 e. The van der Waals surface area contributed by atoms with E-state index in [-0.39, 0.29) is 5.56 Å². The molecule has 0 bridgehead atoms. The van der Waals surface area contributed by atoms with Gasteiger partial charge in [0.25, 0.3) is 5.56 Å². The molecule has 1 heterocycles. The van der Waals surface area contributed by atoms with Crippen LogP contribution < -0.4 is 10.3 Å². The van der Waals surface area contributed by atoms with Crippen LogP contribution >= 0.6 is 45.2 Å². The second-order valence-electron chi connectivity index (χ2n) is 5.15. The second kappa shape index (κ2) is 7.64. The fraction of sp³-hybridized carbons (Fsp3) is 0.111. The maximum Gasteiger partial charge on any atom is 0.267 e. The van der Waals surface area contributed by atoms with Gasteiger partial charge in [-0.3, -0.25) is 4.79 Å². The number of nitrogens with zero attached hydrogens (tertiary/aromatic N) is 2. The van der Waals surface area contributed by atoms with E-state index >= 15 is 0 Å². The molecule has 3 rings (SSSR count). The van der Waals surface area contributed by atoms with Gasteiger partial charge in [-0.1, -0.05) is 18.2 Å². The molecule has 24 heavy (non-hydrogen) atoms. The number of methoxy groups -OCH3 is 1. The third-order valence-corrected chi connectivity index (χ3v) is 5.54. The molecule has 0 saturated carbocycles. The van der Waals surface area contributed by atoms with Crippen molar-refractivity contribution in [2.24, 2.45) is 0 Å². The number of rotatable bonds is 4. The first-order valence-corrected chi connectivity index (χ1v) is 9.40. The summed E-state index contributed by atoms with van der Waals surface area (Å²) < 4.78 is 8.89. The molecule has 0 atom stereocenters. The molecule has 0 fully saturated rings. The second-order valence-corrected chi connectivity index (χ2v) is 7.48. The van der Waals surface area contributed by atoms with E-state index in [0.717, 1.165) is 29.7 Å². The van der Waals surface area contributed by atoms with Gasteiger partial charge in [0.05, 0.1) is 19.3 Å². The number of hydrogen-bond acceptors (Lipinski definition) is 3. The van der Waals surface area contributed by atoms with E-state index in [2.05, 4.69) is 50.3 Å². The molecule has 0 saturated heterocycles. The summed E-state index contributed by atoms with van der Waals surface area (Å²) in [5.41, 5.74) is 2.72. The fourth-order valence-corrected chi connectivity index (χ4v) is 3.65. The van der Waals surface area contributed by atoms with Gasteiger partial charge in [-0.15, -0.1) is 0 Å². The maximum atomic E-state index is 12.2. The van der Waals surface area contributed by atoms with E-state index < -0.39 is 0 Å². The Morgan fingerprint density at radius 1 is 1.04 bits per heavy atom. The summed E-state index contributed by atoms with van der Waals surface area (Å²) in [5.74, 6) is 0.801. The first kappa shape index (κ1) is 17.4. The van der Waals surface area contributed by atoms with Gasteiger partial charge in [-0.05, 0) is 81.1 Å². The summed E-state index contributed by atoms with van der Waals surface area (Å²) in [7, 11) is 1.64. The highest BCUT2D eigenvalue weighted by Gasteiger charge is 2.09. The number of aromatic nitrogens is 2.